The summed E-state index contributed by atoms with van der Waals surface area (Å²) in [5.74, 6) is 0.705. The largest absolute Gasteiger partial charge is 0.339 e. The van der Waals surface area contributed by atoms with Gasteiger partial charge in [0.05, 0.1) is 0 Å². The van der Waals surface area contributed by atoms with Crippen molar-refractivity contribution in [3.8, 4) is 11.4 Å². The van der Waals surface area contributed by atoms with E-state index in [0.717, 1.165) is 18.4 Å². The molecule has 0 radical (unpaired) electrons. The SMILES string of the molecule is CCC(C)N(CCc1nc(-c2ccc(F)cc2)no1)C(=O)CCc1ccccc1. The predicted molar refractivity (Wildman–Crippen MR) is 110 cm³/mol. The Hall–Kier alpha value is -3.02. The van der Waals surface area contributed by atoms with Gasteiger partial charge in [-0.2, -0.15) is 4.98 Å². The summed E-state index contributed by atoms with van der Waals surface area (Å²) in [5.41, 5.74) is 1.85. The van der Waals surface area contributed by atoms with Crippen molar-refractivity contribution in [1.29, 1.82) is 0 Å². The van der Waals surface area contributed by atoms with Crippen LogP contribution in [0.15, 0.2) is 59.1 Å². The molecular formula is C23H26FN3O2. The molecule has 0 aliphatic heterocycles. The third-order valence-corrected chi connectivity index (χ3v) is 5.05. The molecule has 0 N–H and O–H groups in total. The van der Waals surface area contributed by atoms with Crippen molar-refractivity contribution >= 4 is 5.91 Å². The van der Waals surface area contributed by atoms with E-state index in [1.807, 2.05) is 35.2 Å². The van der Waals surface area contributed by atoms with E-state index < -0.39 is 0 Å². The molecule has 0 aliphatic carbocycles. The fraction of sp³-hybridized carbons (Fsp3) is 0.348. The Bertz CT molecular complexity index is 909. The zero-order valence-electron chi connectivity index (χ0n) is 16.8. The van der Waals surface area contributed by atoms with Gasteiger partial charge in [0.15, 0.2) is 0 Å². The standard InChI is InChI=1S/C23H26FN3O2/c1-3-17(2)27(22(28)14-9-18-7-5-4-6-8-18)16-15-21-25-23(26-29-21)19-10-12-20(24)13-11-19/h4-8,10-13,17H,3,9,14-16H2,1-2H3. The van der Waals surface area contributed by atoms with E-state index in [0.29, 0.717) is 36.7 Å². The first kappa shape index (κ1) is 20.7. The van der Waals surface area contributed by atoms with Crippen LogP contribution in [0.4, 0.5) is 4.39 Å². The minimum atomic E-state index is -0.310. The molecule has 1 heterocycles. The fourth-order valence-corrected chi connectivity index (χ4v) is 3.14. The number of carbonyl (C=O) groups is 1. The number of rotatable bonds is 9. The van der Waals surface area contributed by atoms with Crippen LogP contribution in [0.1, 0.15) is 38.1 Å². The lowest BCUT2D eigenvalue weighted by atomic mass is 10.1. The molecule has 0 saturated carbocycles. The number of hydrogen-bond acceptors (Lipinski definition) is 4. The quantitative estimate of drug-likeness (QED) is 0.528. The van der Waals surface area contributed by atoms with Crippen LogP contribution in [0, 0.1) is 5.82 Å². The third-order valence-electron chi connectivity index (χ3n) is 5.05. The van der Waals surface area contributed by atoms with Crippen molar-refractivity contribution in [3.05, 3.63) is 71.9 Å². The van der Waals surface area contributed by atoms with Gasteiger partial charge in [0, 0.05) is 31.0 Å². The van der Waals surface area contributed by atoms with Gasteiger partial charge in [0.2, 0.25) is 17.6 Å². The summed E-state index contributed by atoms with van der Waals surface area (Å²) in [6.45, 7) is 4.65. The summed E-state index contributed by atoms with van der Waals surface area (Å²) < 4.78 is 18.4. The molecule has 1 amide bonds. The topological polar surface area (TPSA) is 59.2 Å². The smallest absolute Gasteiger partial charge is 0.228 e. The van der Waals surface area contributed by atoms with Gasteiger partial charge in [0.25, 0.3) is 0 Å². The molecule has 0 bridgehead atoms. The summed E-state index contributed by atoms with van der Waals surface area (Å²) >= 11 is 0. The van der Waals surface area contributed by atoms with Crippen LogP contribution in [-0.2, 0) is 17.6 Å². The summed E-state index contributed by atoms with van der Waals surface area (Å²) in [6, 6.07) is 16.1. The molecule has 2 aromatic carbocycles. The Balaban J connectivity index is 1.60. The number of benzene rings is 2. The van der Waals surface area contributed by atoms with Crippen LogP contribution in [0.3, 0.4) is 0 Å². The Morgan fingerprint density at radius 2 is 1.83 bits per heavy atom. The molecule has 1 unspecified atom stereocenters. The van der Waals surface area contributed by atoms with E-state index in [1.54, 1.807) is 12.1 Å². The highest BCUT2D eigenvalue weighted by atomic mass is 19.1. The molecule has 3 rings (SSSR count). The zero-order valence-corrected chi connectivity index (χ0v) is 16.8. The number of halogens is 1. The summed E-state index contributed by atoms with van der Waals surface area (Å²) in [4.78, 5) is 19.1. The van der Waals surface area contributed by atoms with Crippen molar-refractivity contribution in [3.63, 3.8) is 0 Å². The number of carbonyl (C=O) groups excluding carboxylic acids is 1. The van der Waals surface area contributed by atoms with Gasteiger partial charge in [-0.05, 0) is 49.6 Å². The normalized spacial score (nSPS) is 12.0. The van der Waals surface area contributed by atoms with Gasteiger partial charge < -0.3 is 9.42 Å². The van der Waals surface area contributed by atoms with Crippen LogP contribution < -0.4 is 0 Å². The molecule has 1 atom stereocenters. The minimum absolute atomic E-state index is 0.126. The Morgan fingerprint density at radius 1 is 1.10 bits per heavy atom. The molecule has 0 aliphatic rings. The predicted octanol–water partition coefficient (Wildman–Crippen LogP) is 4.68. The van der Waals surface area contributed by atoms with Crippen LogP contribution in [0.5, 0.6) is 0 Å². The lowest BCUT2D eigenvalue weighted by Crippen LogP contribution is -2.40. The first-order valence-corrected chi connectivity index (χ1v) is 9.98. The first-order chi connectivity index (χ1) is 14.1. The van der Waals surface area contributed by atoms with E-state index in [-0.39, 0.29) is 17.8 Å². The number of hydrogen-bond donors (Lipinski definition) is 0. The van der Waals surface area contributed by atoms with Crippen molar-refractivity contribution in [2.45, 2.75) is 45.6 Å². The van der Waals surface area contributed by atoms with E-state index in [1.165, 1.54) is 12.1 Å². The molecule has 0 fully saturated rings. The summed E-state index contributed by atoms with van der Waals surface area (Å²) in [5, 5.41) is 3.97. The van der Waals surface area contributed by atoms with Gasteiger partial charge in [-0.3, -0.25) is 4.79 Å². The summed E-state index contributed by atoms with van der Waals surface area (Å²) in [6.07, 6.45) is 2.55. The van der Waals surface area contributed by atoms with Crippen LogP contribution >= 0.6 is 0 Å². The monoisotopic (exact) mass is 395 g/mol. The molecule has 1 aromatic heterocycles. The van der Waals surface area contributed by atoms with Gasteiger partial charge in [0.1, 0.15) is 5.82 Å². The average molecular weight is 395 g/mol. The van der Waals surface area contributed by atoms with Crippen molar-refractivity contribution in [2.75, 3.05) is 6.54 Å². The van der Waals surface area contributed by atoms with E-state index in [4.69, 9.17) is 4.52 Å². The lowest BCUT2D eigenvalue weighted by Gasteiger charge is -2.28. The molecule has 29 heavy (non-hydrogen) atoms. The lowest BCUT2D eigenvalue weighted by molar-refractivity contribution is -0.133. The number of aromatic nitrogens is 2. The number of amides is 1. The van der Waals surface area contributed by atoms with Gasteiger partial charge >= 0.3 is 0 Å². The maximum atomic E-state index is 13.1. The second-order valence-electron chi connectivity index (χ2n) is 7.10. The van der Waals surface area contributed by atoms with Crippen LogP contribution in [-0.4, -0.2) is 33.5 Å². The maximum Gasteiger partial charge on any atom is 0.228 e. The second-order valence-corrected chi connectivity index (χ2v) is 7.10. The fourth-order valence-electron chi connectivity index (χ4n) is 3.14. The third kappa shape index (κ3) is 5.73. The van der Waals surface area contributed by atoms with E-state index in [2.05, 4.69) is 24.0 Å². The Labute approximate surface area is 170 Å². The minimum Gasteiger partial charge on any atom is -0.339 e. The highest BCUT2D eigenvalue weighted by molar-refractivity contribution is 5.76. The molecule has 152 valence electrons. The van der Waals surface area contributed by atoms with Gasteiger partial charge in [-0.15, -0.1) is 0 Å². The van der Waals surface area contributed by atoms with Crippen molar-refractivity contribution in [1.82, 2.24) is 15.0 Å². The first-order valence-electron chi connectivity index (χ1n) is 9.98. The van der Waals surface area contributed by atoms with Gasteiger partial charge in [-0.1, -0.05) is 42.4 Å². The molecule has 6 heteroatoms. The number of nitrogens with zero attached hydrogens (tertiary/aromatic N) is 3. The molecule has 0 spiro atoms. The zero-order chi connectivity index (χ0) is 20.6. The summed E-state index contributed by atoms with van der Waals surface area (Å²) in [7, 11) is 0. The van der Waals surface area contributed by atoms with Crippen molar-refractivity contribution < 1.29 is 13.7 Å². The van der Waals surface area contributed by atoms with E-state index in [9.17, 15) is 9.18 Å². The highest BCUT2D eigenvalue weighted by Gasteiger charge is 2.20. The molecule has 3 aromatic rings. The second kappa shape index (κ2) is 9.96. The maximum absolute atomic E-state index is 13.1. The highest BCUT2D eigenvalue weighted by Crippen LogP contribution is 2.17. The molecule has 5 nitrogen and oxygen atoms in total. The average Bonchev–Trinajstić information content (AvgIpc) is 3.22. The van der Waals surface area contributed by atoms with Crippen LogP contribution in [0.25, 0.3) is 11.4 Å². The van der Waals surface area contributed by atoms with Gasteiger partial charge in [-0.25, -0.2) is 4.39 Å². The molecular weight excluding hydrogens is 369 g/mol. The van der Waals surface area contributed by atoms with Crippen LogP contribution in [0.2, 0.25) is 0 Å². The molecule has 0 saturated heterocycles. The number of aryl methyl sites for hydroxylation is 1. The van der Waals surface area contributed by atoms with E-state index >= 15 is 0 Å². The Morgan fingerprint density at radius 3 is 2.52 bits per heavy atom. The Kier molecular flexibility index (Phi) is 7.11. The van der Waals surface area contributed by atoms with Crippen molar-refractivity contribution in [2.24, 2.45) is 0 Å².